The van der Waals surface area contributed by atoms with Gasteiger partial charge in [-0.2, -0.15) is 0 Å². The molecule has 33 heavy (non-hydrogen) atoms. The third-order valence-corrected chi connectivity index (χ3v) is 6.03. The topological polar surface area (TPSA) is 61.1 Å². The van der Waals surface area contributed by atoms with Gasteiger partial charge in [0, 0.05) is 12.7 Å². The molecule has 0 spiro atoms. The highest BCUT2D eigenvalue weighted by Gasteiger charge is 2.30. The van der Waals surface area contributed by atoms with E-state index in [4.69, 9.17) is 19.3 Å². The molecule has 0 atom stereocenters. The van der Waals surface area contributed by atoms with Crippen molar-refractivity contribution in [2.75, 3.05) is 32.8 Å². The van der Waals surface area contributed by atoms with Gasteiger partial charge in [-0.15, -0.1) is 5.10 Å². The molecular formula is C26H28N4O3. The summed E-state index contributed by atoms with van der Waals surface area (Å²) in [4.78, 5) is 6.86. The number of fused-ring (bicyclic) bond motifs is 1. The molecule has 4 aromatic rings. The summed E-state index contributed by atoms with van der Waals surface area (Å²) in [5.41, 5.74) is 4.61. The molecule has 7 heteroatoms. The Kier molecular flexibility index (Phi) is 5.54. The van der Waals surface area contributed by atoms with E-state index >= 15 is 0 Å². The summed E-state index contributed by atoms with van der Waals surface area (Å²) in [6.07, 6.45) is 4.28. The SMILES string of the molecule is COc1cc(C)cc(OC)c1-c1cccc2c(N(CC3CC3)c3ccccn3)c(OC)nn12. The number of aromatic nitrogens is 3. The monoisotopic (exact) mass is 444 g/mol. The highest BCUT2D eigenvalue weighted by atomic mass is 16.5. The number of benzene rings is 1. The van der Waals surface area contributed by atoms with E-state index in [1.54, 1.807) is 21.3 Å². The first-order valence-corrected chi connectivity index (χ1v) is 11.1. The molecule has 3 aromatic heterocycles. The first-order valence-electron chi connectivity index (χ1n) is 11.1. The summed E-state index contributed by atoms with van der Waals surface area (Å²) in [7, 11) is 5.00. The molecule has 0 saturated heterocycles. The molecule has 7 nitrogen and oxygen atoms in total. The average molecular weight is 445 g/mol. The van der Waals surface area contributed by atoms with Crippen LogP contribution >= 0.6 is 0 Å². The van der Waals surface area contributed by atoms with Gasteiger partial charge in [-0.25, -0.2) is 9.50 Å². The van der Waals surface area contributed by atoms with E-state index < -0.39 is 0 Å². The lowest BCUT2D eigenvalue weighted by Gasteiger charge is -2.23. The van der Waals surface area contributed by atoms with Crippen LogP contribution < -0.4 is 19.1 Å². The predicted octanol–water partition coefficient (Wildman–Crippen LogP) is 5.28. The van der Waals surface area contributed by atoms with Crippen LogP contribution in [0.5, 0.6) is 17.4 Å². The van der Waals surface area contributed by atoms with Crippen LogP contribution in [0.2, 0.25) is 0 Å². The summed E-state index contributed by atoms with van der Waals surface area (Å²) < 4.78 is 19.2. The first kappa shape index (κ1) is 21.1. The van der Waals surface area contributed by atoms with Gasteiger partial charge >= 0.3 is 0 Å². The Hall–Kier alpha value is -3.74. The van der Waals surface area contributed by atoms with Gasteiger partial charge < -0.3 is 19.1 Å². The third kappa shape index (κ3) is 3.84. The molecule has 3 heterocycles. The Morgan fingerprint density at radius 1 is 0.970 bits per heavy atom. The number of methoxy groups -OCH3 is 3. The lowest BCUT2D eigenvalue weighted by Crippen LogP contribution is -2.21. The number of nitrogens with zero attached hydrogens (tertiary/aromatic N) is 4. The zero-order chi connectivity index (χ0) is 22.9. The molecule has 0 bridgehead atoms. The summed E-state index contributed by atoms with van der Waals surface area (Å²) >= 11 is 0. The van der Waals surface area contributed by atoms with Crippen LogP contribution in [0.25, 0.3) is 16.8 Å². The van der Waals surface area contributed by atoms with Crippen LogP contribution in [0.3, 0.4) is 0 Å². The molecule has 1 aromatic carbocycles. The van der Waals surface area contributed by atoms with Gasteiger partial charge in [-0.3, -0.25) is 0 Å². The maximum atomic E-state index is 5.79. The van der Waals surface area contributed by atoms with Gasteiger partial charge in [0.25, 0.3) is 5.88 Å². The Balaban J connectivity index is 1.75. The second kappa shape index (κ2) is 8.65. The third-order valence-electron chi connectivity index (χ3n) is 6.03. The smallest absolute Gasteiger partial charge is 0.257 e. The van der Waals surface area contributed by atoms with Crippen molar-refractivity contribution in [2.24, 2.45) is 5.92 Å². The molecular weight excluding hydrogens is 416 g/mol. The summed E-state index contributed by atoms with van der Waals surface area (Å²) in [6.45, 7) is 2.89. The Labute approximate surface area is 193 Å². The fourth-order valence-electron chi connectivity index (χ4n) is 4.28. The average Bonchev–Trinajstić information content (AvgIpc) is 3.60. The minimum atomic E-state index is 0.554. The predicted molar refractivity (Wildman–Crippen MR) is 129 cm³/mol. The van der Waals surface area contributed by atoms with Crippen LogP contribution in [0.4, 0.5) is 11.5 Å². The number of hydrogen-bond acceptors (Lipinski definition) is 6. The second-order valence-electron chi connectivity index (χ2n) is 8.35. The van der Waals surface area contributed by atoms with Gasteiger partial charge in [0.2, 0.25) is 0 Å². The van der Waals surface area contributed by atoms with Crippen LogP contribution in [-0.2, 0) is 0 Å². The molecule has 0 N–H and O–H groups in total. The van der Waals surface area contributed by atoms with Gasteiger partial charge in [0.15, 0.2) is 0 Å². The van der Waals surface area contributed by atoms with Crippen molar-refractivity contribution in [1.82, 2.24) is 14.6 Å². The maximum Gasteiger partial charge on any atom is 0.257 e. The standard InChI is InChI=1S/C26H28N4O3/c1-17-14-21(31-2)24(22(15-17)32-3)19-8-7-9-20-25(26(33-4)28-30(19)20)29(16-18-11-12-18)23-10-5-6-13-27-23/h5-10,13-15,18H,11-12,16H2,1-4H3. The fraction of sp³-hybridized carbons (Fsp3) is 0.308. The van der Waals surface area contributed by atoms with Crippen molar-refractivity contribution in [2.45, 2.75) is 19.8 Å². The van der Waals surface area contributed by atoms with E-state index in [-0.39, 0.29) is 0 Å². The lowest BCUT2D eigenvalue weighted by atomic mass is 10.1. The fourth-order valence-corrected chi connectivity index (χ4v) is 4.28. The molecule has 0 aliphatic heterocycles. The zero-order valence-corrected chi connectivity index (χ0v) is 19.4. The number of hydrogen-bond donors (Lipinski definition) is 0. The van der Waals surface area contributed by atoms with Crippen LogP contribution in [0.15, 0.2) is 54.7 Å². The minimum absolute atomic E-state index is 0.554. The number of aryl methyl sites for hydroxylation is 1. The number of ether oxygens (including phenoxy) is 3. The quantitative estimate of drug-likeness (QED) is 0.369. The highest BCUT2D eigenvalue weighted by molar-refractivity contribution is 5.86. The van der Waals surface area contributed by atoms with Crippen molar-refractivity contribution >= 4 is 17.0 Å². The molecule has 1 aliphatic rings. The van der Waals surface area contributed by atoms with Gasteiger partial charge in [-0.05, 0) is 67.6 Å². The molecule has 5 rings (SSSR count). The van der Waals surface area contributed by atoms with E-state index in [1.165, 1.54) is 12.8 Å². The first-order chi connectivity index (χ1) is 16.1. The van der Waals surface area contributed by atoms with Crippen molar-refractivity contribution in [3.63, 3.8) is 0 Å². The summed E-state index contributed by atoms with van der Waals surface area (Å²) in [6, 6.07) is 16.1. The van der Waals surface area contributed by atoms with Gasteiger partial charge in [0.1, 0.15) is 23.0 Å². The van der Waals surface area contributed by atoms with Crippen LogP contribution in [0.1, 0.15) is 18.4 Å². The van der Waals surface area contributed by atoms with Gasteiger partial charge in [0.05, 0.1) is 38.1 Å². The van der Waals surface area contributed by atoms with Crippen LogP contribution in [-0.4, -0.2) is 42.5 Å². The molecule has 0 amide bonds. The van der Waals surface area contributed by atoms with Crippen molar-refractivity contribution in [3.8, 4) is 28.6 Å². The molecule has 1 saturated carbocycles. The van der Waals surface area contributed by atoms with Crippen molar-refractivity contribution < 1.29 is 14.2 Å². The molecule has 1 fully saturated rings. The number of anilines is 2. The number of rotatable bonds is 8. The summed E-state index contributed by atoms with van der Waals surface area (Å²) in [5.74, 6) is 3.55. The Bertz CT molecular complexity index is 1260. The van der Waals surface area contributed by atoms with E-state index in [0.29, 0.717) is 11.8 Å². The number of pyridine rings is 2. The zero-order valence-electron chi connectivity index (χ0n) is 19.4. The molecule has 0 unspecified atom stereocenters. The minimum Gasteiger partial charge on any atom is -0.496 e. The van der Waals surface area contributed by atoms with Gasteiger partial charge in [-0.1, -0.05) is 12.1 Å². The van der Waals surface area contributed by atoms with Crippen molar-refractivity contribution in [1.29, 1.82) is 0 Å². The van der Waals surface area contributed by atoms with E-state index in [1.807, 2.05) is 60.1 Å². The lowest BCUT2D eigenvalue weighted by molar-refractivity contribution is 0.393. The van der Waals surface area contributed by atoms with Crippen molar-refractivity contribution in [3.05, 3.63) is 60.3 Å². The molecule has 0 radical (unpaired) electrons. The largest absolute Gasteiger partial charge is 0.496 e. The normalized spacial score (nSPS) is 13.2. The van der Waals surface area contributed by atoms with E-state index in [2.05, 4.69) is 16.0 Å². The highest BCUT2D eigenvalue weighted by Crippen LogP contribution is 2.44. The summed E-state index contributed by atoms with van der Waals surface area (Å²) in [5, 5.41) is 4.87. The Morgan fingerprint density at radius 2 is 1.73 bits per heavy atom. The molecule has 1 aliphatic carbocycles. The maximum absolute atomic E-state index is 5.79. The van der Waals surface area contributed by atoms with Crippen LogP contribution in [0, 0.1) is 12.8 Å². The second-order valence-corrected chi connectivity index (χ2v) is 8.35. The Morgan fingerprint density at radius 3 is 2.33 bits per heavy atom. The molecule has 170 valence electrons. The van der Waals surface area contributed by atoms with E-state index in [9.17, 15) is 0 Å². The van der Waals surface area contributed by atoms with E-state index in [0.717, 1.165) is 51.9 Å².